The number of amides is 1. The van der Waals surface area contributed by atoms with Gasteiger partial charge in [0.25, 0.3) is 0 Å². The van der Waals surface area contributed by atoms with E-state index in [4.69, 9.17) is 9.47 Å². The van der Waals surface area contributed by atoms with Crippen LogP contribution < -0.4 is 0 Å². The number of fused-ring (bicyclic) bond motifs is 2. The molecule has 3 saturated heterocycles. The lowest BCUT2D eigenvalue weighted by atomic mass is 10.1. The Kier molecular flexibility index (Phi) is 3.21. The van der Waals surface area contributed by atoms with Gasteiger partial charge >= 0.3 is 6.09 Å². The van der Waals surface area contributed by atoms with Crippen LogP contribution in [0.1, 0.15) is 33.6 Å². The van der Waals surface area contributed by atoms with Crippen LogP contribution in [-0.2, 0) is 9.47 Å². The molecule has 5 heteroatoms. The molecule has 3 rings (SSSR count). The Morgan fingerprint density at radius 3 is 2.11 bits per heavy atom. The van der Waals surface area contributed by atoms with Crippen LogP contribution in [-0.4, -0.2) is 65.9 Å². The summed E-state index contributed by atoms with van der Waals surface area (Å²) in [5.74, 6) is 0. The van der Waals surface area contributed by atoms with Crippen LogP contribution in [0.15, 0.2) is 0 Å². The molecule has 3 heterocycles. The highest BCUT2D eigenvalue weighted by Crippen LogP contribution is 2.33. The lowest BCUT2D eigenvalue weighted by Gasteiger charge is -2.46. The SMILES string of the molecule is CC(C)(C)OC(=O)N1C2CCC1CN(C1COC1)C2. The number of likely N-dealkylation sites (tertiary alicyclic amines) is 1. The number of carbonyl (C=O) groups is 1. The maximum absolute atomic E-state index is 12.3. The van der Waals surface area contributed by atoms with Crippen LogP contribution in [0.5, 0.6) is 0 Å². The van der Waals surface area contributed by atoms with Crippen molar-refractivity contribution in [2.24, 2.45) is 0 Å². The lowest BCUT2D eigenvalue weighted by Crippen LogP contribution is -2.62. The van der Waals surface area contributed by atoms with Crippen molar-refractivity contribution in [1.82, 2.24) is 9.80 Å². The zero-order chi connectivity index (χ0) is 13.6. The van der Waals surface area contributed by atoms with E-state index in [-0.39, 0.29) is 6.09 Å². The molecule has 0 aromatic carbocycles. The van der Waals surface area contributed by atoms with E-state index in [1.807, 2.05) is 25.7 Å². The molecule has 0 radical (unpaired) electrons. The first kappa shape index (κ1) is 13.2. The maximum Gasteiger partial charge on any atom is 0.410 e. The molecule has 3 aliphatic heterocycles. The van der Waals surface area contributed by atoms with E-state index in [2.05, 4.69) is 4.90 Å². The zero-order valence-corrected chi connectivity index (χ0v) is 12.1. The second-order valence-electron chi connectivity index (χ2n) is 6.92. The van der Waals surface area contributed by atoms with Gasteiger partial charge in [0.15, 0.2) is 0 Å². The van der Waals surface area contributed by atoms with Gasteiger partial charge in [0.1, 0.15) is 5.60 Å². The van der Waals surface area contributed by atoms with Gasteiger partial charge in [-0.1, -0.05) is 0 Å². The maximum atomic E-state index is 12.3. The molecule has 2 atom stereocenters. The van der Waals surface area contributed by atoms with Gasteiger partial charge in [0.2, 0.25) is 0 Å². The van der Waals surface area contributed by atoms with Gasteiger partial charge in [0.05, 0.1) is 19.3 Å². The minimum Gasteiger partial charge on any atom is -0.444 e. The van der Waals surface area contributed by atoms with Gasteiger partial charge in [-0.15, -0.1) is 0 Å². The van der Waals surface area contributed by atoms with Gasteiger partial charge in [-0.3, -0.25) is 9.80 Å². The van der Waals surface area contributed by atoms with Crippen LogP contribution in [0, 0.1) is 0 Å². The quantitative estimate of drug-likeness (QED) is 0.722. The van der Waals surface area contributed by atoms with Crippen molar-refractivity contribution in [1.29, 1.82) is 0 Å². The molecule has 1 amide bonds. The monoisotopic (exact) mass is 268 g/mol. The Hall–Kier alpha value is -0.810. The van der Waals surface area contributed by atoms with E-state index in [0.717, 1.165) is 39.1 Å². The van der Waals surface area contributed by atoms with E-state index in [0.29, 0.717) is 18.1 Å². The van der Waals surface area contributed by atoms with Crippen molar-refractivity contribution in [3.05, 3.63) is 0 Å². The summed E-state index contributed by atoms with van der Waals surface area (Å²) in [6.45, 7) is 9.43. The Labute approximate surface area is 114 Å². The molecule has 0 spiro atoms. The number of hydrogen-bond acceptors (Lipinski definition) is 4. The largest absolute Gasteiger partial charge is 0.444 e. The van der Waals surface area contributed by atoms with Crippen molar-refractivity contribution < 1.29 is 14.3 Å². The van der Waals surface area contributed by atoms with E-state index >= 15 is 0 Å². The average molecular weight is 268 g/mol. The fourth-order valence-electron chi connectivity index (χ4n) is 3.28. The van der Waals surface area contributed by atoms with Crippen LogP contribution in [0.25, 0.3) is 0 Å². The molecule has 3 fully saturated rings. The first-order chi connectivity index (χ1) is 8.94. The molecule has 0 aliphatic carbocycles. The highest BCUT2D eigenvalue weighted by Gasteiger charge is 2.46. The highest BCUT2D eigenvalue weighted by molar-refractivity contribution is 5.69. The van der Waals surface area contributed by atoms with E-state index < -0.39 is 5.60 Å². The van der Waals surface area contributed by atoms with Crippen LogP contribution in [0.2, 0.25) is 0 Å². The molecular formula is C14H24N2O3. The van der Waals surface area contributed by atoms with E-state index in [9.17, 15) is 4.79 Å². The number of rotatable bonds is 1. The number of nitrogens with zero attached hydrogens (tertiary/aromatic N) is 2. The Morgan fingerprint density at radius 1 is 1.11 bits per heavy atom. The summed E-state index contributed by atoms with van der Waals surface area (Å²) in [4.78, 5) is 16.8. The number of hydrogen-bond donors (Lipinski definition) is 0. The number of piperazine rings is 1. The van der Waals surface area contributed by atoms with Gasteiger partial charge < -0.3 is 9.47 Å². The minimum atomic E-state index is -0.407. The molecule has 0 N–H and O–H groups in total. The Morgan fingerprint density at radius 2 is 1.68 bits per heavy atom. The summed E-state index contributed by atoms with van der Waals surface area (Å²) in [6, 6.07) is 1.23. The molecule has 2 bridgehead atoms. The van der Waals surface area contributed by atoms with Gasteiger partial charge in [-0.25, -0.2) is 4.79 Å². The Bertz CT molecular complexity index is 348. The second kappa shape index (κ2) is 4.63. The average Bonchev–Trinajstić information content (AvgIpc) is 2.46. The summed E-state index contributed by atoms with van der Waals surface area (Å²) >= 11 is 0. The molecule has 3 aliphatic rings. The zero-order valence-electron chi connectivity index (χ0n) is 12.1. The van der Waals surface area contributed by atoms with Crippen molar-refractivity contribution in [2.45, 2.75) is 57.3 Å². The number of carbonyl (C=O) groups excluding carboxylic acids is 1. The van der Waals surface area contributed by atoms with Crippen LogP contribution >= 0.6 is 0 Å². The predicted octanol–water partition coefficient (Wildman–Crippen LogP) is 1.47. The highest BCUT2D eigenvalue weighted by atomic mass is 16.6. The molecule has 108 valence electrons. The van der Waals surface area contributed by atoms with Gasteiger partial charge in [-0.05, 0) is 33.6 Å². The van der Waals surface area contributed by atoms with E-state index in [1.165, 1.54) is 0 Å². The minimum absolute atomic E-state index is 0.135. The molecule has 5 nitrogen and oxygen atoms in total. The fourth-order valence-corrected chi connectivity index (χ4v) is 3.28. The van der Waals surface area contributed by atoms with Crippen LogP contribution in [0.4, 0.5) is 4.79 Å². The summed E-state index contributed by atoms with van der Waals surface area (Å²) < 4.78 is 10.8. The third-order valence-corrected chi connectivity index (χ3v) is 4.25. The van der Waals surface area contributed by atoms with Crippen molar-refractivity contribution in [2.75, 3.05) is 26.3 Å². The predicted molar refractivity (Wildman–Crippen MR) is 71.1 cm³/mol. The molecule has 19 heavy (non-hydrogen) atoms. The van der Waals surface area contributed by atoms with Crippen molar-refractivity contribution in [3.63, 3.8) is 0 Å². The van der Waals surface area contributed by atoms with E-state index in [1.54, 1.807) is 0 Å². The van der Waals surface area contributed by atoms with Gasteiger partial charge in [0, 0.05) is 25.2 Å². The second-order valence-corrected chi connectivity index (χ2v) is 6.92. The van der Waals surface area contributed by atoms with Crippen molar-refractivity contribution >= 4 is 6.09 Å². The lowest BCUT2D eigenvalue weighted by molar-refractivity contribution is -0.0887. The molecule has 2 unspecified atom stereocenters. The number of ether oxygens (including phenoxy) is 2. The first-order valence-electron chi connectivity index (χ1n) is 7.27. The Balaban J connectivity index is 1.64. The molecule has 0 aromatic rings. The summed E-state index contributed by atoms with van der Waals surface area (Å²) in [5.41, 5.74) is -0.407. The van der Waals surface area contributed by atoms with Crippen LogP contribution in [0.3, 0.4) is 0 Å². The molecule has 0 saturated carbocycles. The van der Waals surface area contributed by atoms with Crippen molar-refractivity contribution in [3.8, 4) is 0 Å². The first-order valence-corrected chi connectivity index (χ1v) is 7.27. The standard InChI is InChI=1S/C14H24N2O3/c1-14(2,3)19-13(17)16-10-4-5-11(16)7-15(6-10)12-8-18-9-12/h10-12H,4-9H2,1-3H3. The normalized spacial score (nSPS) is 32.3. The third kappa shape index (κ3) is 2.58. The smallest absolute Gasteiger partial charge is 0.410 e. The topological polar surface area (TPSA) is 42.0 Å². The summed E-state index contributed by atoms with van der Waals surface area (Å²) in [7, 11) is 0. The third-order valence-electron chi connectivity index (χ3n) is 4.25. The fraction of sp³-hybridized carbons (Fsp3) is 0.929. The summed E-state index contributed by atoms with van der Waals surface area (Å²) in [5, 5.41) is 0. The van der Waals surface area contributed by atoms with Gasteiger partial charge in [-0.2, -0.15) is 0 Å². The molecule has 0 aromatic heterocycles. The molecular weight excluding hydrogens is 244 g/mol. The summed E-state index contributed by atoms with van der Waals surface area (Å²) in [6.07, 6.45) is 2.08.